The third-order valence-corrected chi connectivity index (χ3v) is 13.6. The standard InChI is InChI=1S/C40H40BN3/c1-37(2)27-24-28-35-33-34(27)43(38(37,3)4)31-21-13-11-19-29(31)41(33)32-26-18-10-12-20-30(26)42(25-16-8-7-9-17-25)36(32)44(35)40(6)23-15-14-22-39(28,40)5/h7-13,16-21,24H,14-15,22-23H2,1-6H3. The number of benzene rings is 4. The summed E-state index contributed by atoms with van der Waals surface area (Å²) in [7, 11) is 0. The van der Waals surface area contributed by atoms with Crippen molar-refractivity contribution in [3.8, 4) is 5.69 Å². The zero-order chi connectivity index (χ0) is 30.0. The monoisotopic (exact) mass is 573 g/mol. The van der Waals surface area contributed by atoms with Crippen molar-refractivity contribution in [2.24, 2.45) is 0 Å². The number of anilines is 4. The second-order valence-electron chi connectivity index (χ2n) is 15.7. The minimum absolute atomic E-state index is 0.0109. The van der Waals surface area contributed by atoms with Crippen LogP contribution >= 0.6 is 0 Å². The molecule has 4 aromatic carbocycles. The molecule has 0 spiro atoms. The van der Waals surface area contributed by atoms with Crippen molar-refractivity contribution < 1.29 is 0 Å². The summed E-state index contributed by atoms with van der Waals surface area (Å²) >= 11 is 0. The number of nitrogens with zero attached hydrogens (tertiary/aromatic N) is 3. The molecule has 1 aliphatic carbocycles. The van der Waals surface area contributed by atoms with Gasteiger partial charge >= 0.3 is 0 Å². The summed E-state index contributed by atoms with van der Waals surface area (Å²) in [6.07, 6.45) is 5.02. The van der Waals surface area contributed by atoms with Gasteiger partial charge in [0.25, 0.3) is 6.71 Å². The smallest absolute Gasteiger partial charge is 0.255 e. The predicted octanol–water partition coefficient (Wildman–Crippen LogP) is 7.72. The largest absolute Gasteiger partial charge is 0.336 e. The molecule has 5 aromatic rings. The molecule has 4 aliphatic heterocycles. The zero-order valence-corrected chi connectivity index (χ0v) is 26.8. The molecular weight excluding hydrogens is 533 g/mol. The lowest BCUT2D eigenvalue weighted by atomic mass is 9.33. The van der Waals surface area contributed by atoms with E-state index in [0.717, 1.165) is 0 Å². The molecule has 218 valence electrons. The van der Waals surface area contributed by atoms with E-state index in [1.54, 1.807) is 16.6 Å². The van der Waals surface area contributed by atoms with E-state index < -0.39 is 0 Å². The average molecular weight is 574 g/mol. The van der Waals surface area contributed by atoms with E-state index in [1.165, 1.54) is 76.1 Å². The molecule has 4 heteroatoms. The highest BCUT2D eigenvalue weighted by Crippen LogP contribution is 2.66. The summed E-state index contributed by atoms with van der Waals surface area (Å²) in [6.45, 7) is 15.3. The molecule has 1 saturated carbocycles. The first kappa shape index (κ1) is 25.4. The summed E-state index contributed by atoms with van der Waals surface area (Å²) in [5, 5.41) is 1.38. The Balaban J connectivity index is 1.46. The Morgan fingerprint density at radius 3 is 2.16 bits per heavy atom. The van der Waals surface area contributed by atoms with Gasteiger partial charge in [-0.25, -0.2) is 0 Å². The Labute approximate surface area is 261 Å². The fraction of sp³-hybridized carbons (Fsp3) is 0.350. The van der Waals surface area contributed by atoms with Crippen molar-refractivity contribution in [3.05, 3.63) is 96.1 Å². The van der Waals surface area contributed by atoms with Crippen LogP contribution in [0.2, 0.25) is 0 Å². The van der Waals surface area contributed by atoms with Crippen LogP contribution in [0.1, 0.15) is 78.4 Å². The normalized spacial score (nSPS) is 26.0. The van der Waals surface area contributed by atoms with Crippen molar-refractivity contribution in [1.82, 2.24) is 4.57 Å². The van der Waals surface area contributed by atoms with Crippen LogP contribution in [-0.4, -0.2) is 22.4 Å². The SMILES string of the molecule is CC1(C)c2cc3c4c5c2N(c2ccccc2B5c2c(n(-c5ccccc5)c5ccccc25)N4C2(C)CCCCC32C)C1(C)C. The van der Waals surface area contributed by atoms with Crippen molar-refractivity contribution in [2.45, 2.75) is 89.1 Å². The van der Waals surface area contributed by atoms with Gasteiger partial charge in [-0.1, -0.05) is 94.3 Å². The highest BCUT2D eigenvalue weighted by molar-refractivity contribution is 7.01. The minimum atomic E-state index is -0.0675. The highest BCUT2D eigenvalue weighted by atomic mass is 15.3. The van der Waals surface area contributed by atoms with Gasteiger partial charge in [0.15, 0.2) is 0 Å². The maximum atomic E-state index is 2.89. The van der Waals surface area contributed by atoms with Crippen molar-refractivity contribution >= 4 is 56.9 Å². The van der Waals surface area contributed by atoms with E-state index in [0.29, 0.717) is 0 Å². The van der Waals surface area contributed by atoms with Gasteiger partial charge in [-0.05, 0) is 90.8 Å². The Bertz CT molecular complexity index is 2090. The molecule has 10 rings (SSSR count). The molecule has 3 nitrogen and oxygen atoms in total. The summed E-state index contributed by atoms with van der Waals surface area (Å²) in [5.41, 5.74) is 14.6. The number of hydrogen-bond acceptors (Lipinski definition) is 2. The fourth-order valence-corrected chi connectivity index (χ4v) is 10.5. The van der Waals surface area contributed by atoms with Crippen molar-refractivity contribution in [1.29, 1.82) is 0 Å². The molecule has 0 N–H and O–H groups in total. The van der Waals surface area contributed by atoms with Crippen LogP contribution in [0.3, 0.4) is 0 Å². The lowest BCUT2D eigenvalue weighted by molar-refractivity contribution is 0.194. The molecule has 2 atom stereocenters. The Hall–Kier alpha value is -3.92. The van der Waals surface area contributed by atoms with Crippen LogP contribution in [0.4, 0.5) is 22.9 Å². The van der Waals surface area contributed by atoms with Gasteiger partial charge in [0.2, 0.25) is 0 Å². The number of aromatic nitrogens is 1. The minimum Gasteiger partial charge on any atom is -0.336 e. The molecular formula is C40H40BN3. The van der Waals surface area contributed by atoms with Crippen molar-refractivity contribution in [3.63, 3.8) is 0 Å². The Kier molecular flexibility index (Phi) is 4.42. The van der Waals surface area contributed by atoms with Gasteiger partial charge in [0.05, 0.1) is 11.1 Å². The molecule has 44 heavy (non-hydrogen) atoms. The molecule has 2 unspecified atom stereocenters. The first-order chi connectivity index (χ1) is 21.1. The number of fused-ring (bicyclic) bond motifs is 11. The molecule has 1 fully saturated rings. The van der Waals surface area contributed by atoms with Crippen LogP contribution in [0, 0.1) is 0 Å². The predicted molar refractivity (Wildman–Crippen MR) is 186 cm³/mol. The average Bonchev–Trinajstić information content (AvgIpc) is 3.52. The summed E-state index contributed by atoms with van der Waals surface area (Å²) < 4.78 is 2.61. The maximum Gasteiger partial charge on any atom is 0.255 e. The van der Waals surface area contributed by atoms with Crippen LogP contribution < -0.4 is 26.2 Å². The van der Waals surface area contributed by atoms with E-state index in [-0.39, 0.29) is 28.6 Å². The summed E-state index contributed by atoms with van der Waals surface area (Å²) in [6, 6.07) is 32.4. The molecule has 0 amide bonds. The third kappa shape index (κ3) is 2.49. The molecule has 5 aliphatic rings. The van der Waals surface area contributed by atoms with Crippen LogP contribution in [0.15, 0.2) is 84.9 Å². The highest BCUT2D eigenvalue weighted by Gasteiger charge is 2.65. The van der Waals surface area contributed by atoms with Gasteiger partial charge in [-0.2, -0.15) is 0 Å². The van der Waals surface area contributed by atoms with E-state index in [1.807, 2.05) is 0 Å². The summed E-state index contributed by atoms with van der Waals surface area (Å²) in [5.74, 6) is 1.39. The third-order valence-electron chi connectivity index (χ3n) is 13.6. The molecule has 5 heterocycles. The lowest BCUT2D eigenvalue weighted by Crippen LogP contribution is -2.65. The van der Waals surface area contributed by atoms with Gasteiger partial charge in [0.1, 0.15) is 5.82 Å². The summed E-state index contributed by atoms with van der Waals surface area (Å²) in [4.78, 5) is 5.64. The lowest BCUT2D eigenvalue weighted by Gasteiger charge is -2.52. The van der Waals surface area contributed by atoms with Gasteiger partial charge < -0.3 is 9.80 Å². The first-order valence-corrected chi connectivity index (χ1v) is 16.7. The van der Waals surface area contributed by atoms with Gasteiger partial charge in [0, 0.05) is 39.1 Å². The van der Waals surface area contributed by atoms with E-state index in [2.05, 4.69) is 141 Å². The fourth-order valence-electron chi connectivity index (χ4n) is 10.5. The number of hydrogen-bond donors (Lipinski definition) is 0. The van der Waals surface area contributed by atoms with Crippen LogP contribution in [0.5, 0.6) is 0 Å². The Morgan fingerprint density at radius 2 is 1.34 bits per heavy atom. The van der Waals surface area contributed by atoms with Gasteiger partial charge in [-0.3, -0.25) is 4.57 Å². The quantitative estimate of drug-likeness (QED) is 0.190. The van der Waals surface area contributed by atoms with Crippen LogP contribution in [0.25, 0.3) is 16.6 Å². The van der Waals surface area contributed by atoms with Gasteiger partial charge in [-0.15, -0.1) is 0 Å². The molecule has 1 aromatic heterocycles. The zero-order valence-electron chi connectivity index (χ0n) is 26.8. The van der Waals surface area contributed by atoms with E-state index >= 15 is 0 Å². The topological polar surface area (TPSA) is 11.4 Å². The maximum absolute atomic E-state index is 2.89. The first-order valence-electron chi connectivity index (χ1n) is 16.7. The molecule has 0 radical (unpaired) electrons. The molecule has 0 saturated heterocycles. The van der Waals surface area contributed by atoms with Crippen molar-refractivity contribution in [2.75, 3.05) is 9.80 Å². The van der Waals surface area contributed by atoms with E-state index in [9.17, 15) is 0 Å². The van der Waals surface area contributed by atoms with Crippen LogP contribution in [-0.2, 0) is 10.8 Å². The Morgan fingerprint density at radius 1 is 0.659 bits per heavy atom. The second kappa shape index (κ2) is 7.65. The van der Waals surface area contributed by atoms with E-state index in [4.69, 9.17) is 0 Å². The number of para-hydroxylation sites is 3. The second-order valence-corrected chi connectivity index (χ2v) is 15.7. The number of rotatable bonds is 1. The molecule has 0 bridgehead atoms.